The second-order valence-corrected chi connectivity index (χ2v) is 10.2. The zero-order valence-electron chi connectivity index (χ0n) is 19.7. The summed E-state index contributed by atoms with van der Waals surface area (Å²) < 4.78 is 47.5. The maximum atomic E-state index is 14.0. The van der Waals surface area contributed by atoms with Crippen molar-refractivity contribution in [3.8, 4) is 0 Å². The second kappa shape index (κ2) is 11.7. The molecule has 182 valence electrons. The number of nitrogens with zero attached hydrogens (tertiary/aromatic N) is 2. The largest absolute Gasteiger partial charge is 0.395 e. The number of amides is 1. The summed E-state index contributed by atoms with van der Waals surface area (Å²) in [5.41, 5.74) is 0.895. The third kappa shape index (κ3) is 6.60. The van der Waals surface area contributed by atoms with Gasteiger partial charge in [-0.05, 0) is 44.0 Å². The van der Waals surface area contributed by atoms with Gasteiger partial charge in [0.1, 0.15) is 5.82 Å². The topological polar surface area (TPSA) is 87.2 Å². The van der Waals surface area contributed by atoms with E-state index in [0.29, 0.717) is 0 Å². The molecule has 3 atom stereocenters. The van der Waals surface area contributed by atoms with Crippen molar-refractivity contribution >= 4 is 15.9 Å². The van der Waals surface area contributed by atoms with Crippen LogP contribution in [0.1, 0.15) is 29.8 Å². The first-order valence-electron chi connectivity index (χ1n) is 10.7. The molecule has 0 radical (unpaired) electrons. The fourth-order valence-corrected chi connectivity index (χ4v) is 5.26. The van der Waals surface area contributed by atoms with Crippen LogP contribution in [-0.2, 0) is 14.8 Å². The molecule has 0 saturated carbocycles. The number of hydrogen-bond donors (Lipinski definition) is 1. The lowest BCUT2D eigenvalue weighted by atomic mass is 10.0. The predicted octanol–water partition coefficient (Wildman–Crippen LogP) is 2.93. The van der Waals surface area contributed by atoms with Crippen molar-refractivity contribution in [2.75, 3.05) is 33.9 Å². The van der Waals surface area contributed by atoms with Crippen molar-refractivity contribution in [2.24, 2.45) is 5.92 Å². The van der Waals surface area contributed by atoms with E-state index in [9.17, 15) is 22.7 Å². The molecule has 2 rings (SSSR count). The maximum absolute atomic E-state index is 14.0. The average Bonchev–Trinajstić information content (AvgIpc) is 2.80. The molecule has 0 aliphatic carbocycles. The first-order chi connectivity index (χ1) is 15.5. The van der Waals surface area contributed by atoms with Crippen LogP contribution in [0.4, 0.5) is 4.39 Å². The zero-order valence-corrected chi connectivity index (χ0v) is 20.5. The SMILES string of the molecule is CO[C@@H](CN(C)C(=O)c1ccccc1F)[C@H](C)CN([C@@H](C)CO)S(=O)(=O)c1ccc(C)cc1. The number of sulfonamides is 1. The molecule has 0 unspecified atom stereocenters. The molecule has 0 aliphatic heterocycles. The summed E-state index contributed by atoms with van der Waals surface area (Å²) in [6.07, 6.45) is -0.521. The fraction of sp³-hybridized carbons (Fsp3) is 0.458. The molecule has 0 saturated heterocycles. The highest BCUT2D eigenvalue weighted by atomic mass is 32.2. The summed E-state index contributed by atoms with van der Waals surface area (Å²) in [6.45, 7) is 5.18. The van der Waals surface area contributed by atoms with Gasteiger partial charge in [0.05, 0.1) is 23.2 Å². The van der Waals surface area contributed by atoms with Crippen LogP contribution in [0.15, 0.2) is 53.4 Å². The average molecular weight is 481 g/mol. The van der Waals surface area contributed by atoms with Gasteiger partial charge in [-0.15, -0.1) is 0 Å². The van der Waals surface area contributed by atoms with Gasteiger partial charge in [-0.1, -0.05) is 36.8 Å². The summed E-state index contributed by atoms with van der Waals surface area (Å²) in [7, 11) is -0.842. The Morgan fingerprint density at radius 3 is 2.24 bits per heavy atom. The van der Waals surface area contributed by atoms with E-state index in [1.165, 1.54) is 34.5 Å². The number of aryl methyl sites for hydroxylation is 1. The minimum atomic E-state index is -3.87. The third-order valence-corrected chi connectivity index (χ3v) is 7.69. The molecule has 1 amide bonds. The first kappa shape index (κ1) is 26.9. The Kier molecular flexibility index (Phi) is 9.54. The minimum Gasteiger partial charge on any atom is -0.395 e. The Labute approximate surface area is 195 Å². The molecule has 7 nitrogen and oxygen atoms in total. The quantitative estimate of drug-likeness (QED) is 0.534. The molecule has 33 heavy (non-hydrogen) atoms. The summed E-state index contributed by atoms with van der Waals surface area (Å²) in [6, 6.07) is 11.6. The summed E-state index contributed by atoms with van der Waals surface area (Å²) >= 11 is 0. The van der Waals surface area contributed by atoms with Crippen LogP contribution in [-0.4, -0.2) is 74.6 Å². The smallest absolute Gasteiger partial charge is 0.256 e. The fourth-order valence-electron chi connectivity index (χ4n) is 3.53. The van der Waals surface area contributed by atoms with Crippen LogP contribution in [0, 0.1) is 18.7 Å². The summed E-state index contributed by atoms with van der Waals surface area (Å²) in [5, 5.41) is 9.71. The van der Waals surface area contributed by atoms with E-state index < -0.39 is 33.9 Å². The van der Waals surface area contributed by atoms with Gasteiger partial charge in [-0.2, -0.15) is 4.31 Å². The van der Waals surface area contributed by atoms with Crippen molar-refractivity contribution in [3.63, 3.8) is 0 Å². The summed E-state index contributed by atoms with van der Waals surface area (Å²) in [5.74, 6) is -1.43. The van der Waals surface area contributed by atoms with E-state index in [2.05, 4.69) is 0 Å². The molecule has 0 fully saturated rings. The van der Waals surface area contributed by atoms with Crippen LogP contribution in [0.25, 0.3) is 0 Å². The lowest BCUT2D eigenvalue weighted by molar-refractivity contribution is 0.0220. The Bertz CT molecular complexity index is 1030. The molecular formula is C24H33FN2O5S. The third-order valence-electron chi connectivity index (χ3n) is 5.69. The van der Waals surface area contributed by atoms with Crippen molar-refractivity contribution in [3.05, 3.63) is 65.5 Å². The second-order valence-electron chi connectivity index (χ2n) is 8.34. The number of rotatable bonds is 11. The standard InChI is InChI=1S/C24H33FN2O5S/c1-17-10-12-20(13-11-17)33(30,31)27(19(3)16-28)14-18(2)23(32-5)15-26(4)24(29)21-8-6-7-9-22(21)25/h6-13,18-19,23,28H,14-16H2,1-5H3/t18-,19+,23+/m1/s1. The number of carbonyl (C=O) groups excluding carboxylic acids is 1. The van der Waals surface area contributed by atoms with E-state index in [-0.39, 0.29) is 36.1 Å². The van der Waals surface area contributed by atoms with Crippen molar-refractivity contribution in [1.29, 1.82) is 0 Å². The molecule has 0 heterocycles. The van der Waals surface area contributed by atoms with E-state index in [4.69, 9.17) is 4.74 Å². The van der Waals surface area contributed by atoms with E-state index in [0.717, 1.165) is 5.56 Å². The van der Waals surface area contributed by atoms with Gasteiger partial charge in [0.15, 0.2) is 0 Å². The molecule has 9 heteroatoms. The number of carbonyl (C=O) groups is 1. The minimum absolute atomic E-state index is 0.0417. The van der Waals surface area contributed by atoms with Crippen LogP contribution < -0.4 is 0 Å². The van der Waals surface area contributed by atoms with Gasteiger partial charge < -0.3 is 14.7 Å². The Hall–Kier alpha value is -2.33. The number of hydrogen-bond acceptors (Lipinski definition) is 5. The molecule has 2 aromatic rings. The van der Waals surface area contributed by atoms with Gasteiger partial charge in [0.2, 0.25) is 10.0 Å². The number of likely N-dealkylation sites (N-methyl/N-ethyl adjacent to an activating group) is 1. The maximum Gasteiger partial charge on any atom is 0.256 e. The van der Waals surface area contributed by atoms with Crippen LogP contribution in [0.5, 0.6) is 0 Å². The Morgan fingerprint density at radius 2 is 1.70 bits per heavy atom. The van der Waals surface area contributed by atoms with Crippen molar-refractivity contribution in [1.82, 2.24) is 9.21 Å². The molecule has 0 aliphatic rings. The predicted molar refractivity (Wildman–Crippen MR) is 125 cm³/mol. The molecule has 0 spiro atoms. The van der Waals surface area contributed by atoms with E-state index >= 15 is 0 Å². The Morgan fingerprint density at radius 1 is 1.09 bits per heavy atom. The highest BCUT2D eigenvalue weighted by Gasteiger charge is 2.33. The highest BCUT2D eigenvalue weighted by Crippen LogP contribution is 2.22. The van der Waals surface area contributed by atoms with Crippen LogP contribution >= 0.6 is 0 Å². The lowest BCUT2D eigenvalue weighted by Gasteiger charge is -2.33. The van der Waals surface area contributed by atoms with Gasteiger partial charge in [-0.25, -0.2) is 12.8 Å². The number of methoxy groups -OCH3 is 1. The highest BCUT2D eigenvalue weighted by molar-refractivity contribution is 7.89. The van der Waals surface area contributed by atoms with Gasteiger partial charge in [-0.3, -0.25) is 4.79 Å². The number of aliphatic hydroxyl groups excluding tert-OH is 1. The van der Waals surface area contributed by atoms with Crippen LogP contribution in [0.2, 0.25) is 0 Å². The van der Waals surface area contributed by atoms with Gasteiger partial charge in [0, 0.05) is 33.3 Å². The summed E-state index contributed by atoms with van der Waals surface area (Å²) in [4.78, 5) is 14.2. The molecular weight excluding hydrogens is 447 g/mol. The number of benzene rings is 2. The van der Waals surface area contributed by atoms with Crippen molar-refractivity contribution in [2.45, 2.75) is 37.8 Å². The molecule has 2 aromatic carbocycles. The molecule has 0 bridgehead atoms. The zero-order chi connectivity index (χ0) is 24.8. The van der Waals surface area contributed by atoms with Crippen molar-refractivity contribution < 1.29 is 27.4 Å². The van der Waals surface area contributed by atoms with Gasteiger partial charge >= 0.3 is 0 Å². The molecule has 0 aromatic heterocycles. The monoisotopic (exact) mass is 480 g/mol. The molecule has 1 N–H and O–H groups in total. The van der Waals surface area contributed by atoms with E-state index in [1.54, 1.807) is 44.3 Å². The normalized spacial score (nSPS) is 14.7. The number of aliphatic hydroxyl groups is 1. The van der Waals surface area contributed by atoms with E-state index in [1.807, 2.05) is 13.8 Å². The number of halogens is 1. The lowest BCUT2D eigenvalue weighted by Crippen LogP contribution is -2.47. The Balaban J connectivity index is 2.21. The van der Waals surface area contributed by atoms with Crippen LogP contribution in [0.3, 0.4) is 0 Å². The first-order valence-corrected chi connectivity index (χ1v) is 12.2. The van der Waals surface area contributed by atoms with Gasteiger partial charge in [0.25, 0.3) is 5.91 Å². The number of ether oxygens (including phenoxy) is 1.